The van der Waals surface area contributed by atoms with Crippen LogP contribution in [0.3, 0.4) is 0 Å². The van der Waals surface area contributed by atoms with Crippen molar-refractivity contribution in [3.05, 3.63) is 0 Å². The first-order chi connectivity index (χ1) is 4.04. The molecule has 0 radical (unpaired) electrons. The molecule has 3 aliphatic carbocycles. The summed E-state index contributed by atoms with van der Waals surface area (Å²) in [4.78, 5) is 0. The van der Waals surface area contributed by atoms with Crippen molar-refractivity contribution >= 4 is 23.2 Å². The molecular weight excluding hydrogens is 155 g/mol. The predicted octanol–water partition coefficient (Wildman–Crippen LogP) is 2.98. The summed E-state index contributed by atoms with van der Waals surface area (Å²) < 4.78 is -0.457. The van der Waals surface area contributed by atoms with Gasteiger partial charge in [0.25, 0.3) is 0 Å². The Balaban J connectivity index is 2.13. The molecule has 3 fully saturated rings. The van der Waals surface area contributed by atoms with Crippen LogP contribution in [-0.2, 0) is 0 Å². The van der Waals surface area contributed by atoms with E-state index in [2.05, 4.69) is 0 Å². The monoisotopic (exact) mass is 164 g/mol. The van der Waals surface area contributed by atoms with Crippen molar-refractivity contribution in [2.45, 2.75) is 30.5 Å². The maximum atomic E-state index is 5.98. The molecule has 52 valence electrons. The molecule has 2 heteroatoms. The molecule has 2 bridgehead atoms. The van der Waals surface area contributed by atoms with Crippen molar-refractivity contribution in [2.24, 2.45) is 11.3 Å². The largest absolute Gasteiger partial charge is 0.121 e. The Hall–Kier alpha value is 0.580. The van der Waals surface area contributed by atoms with Crippen molar-refractivity contribution in [1.29, 1.82) is 0 Å². The standard InChI is InChI=1S/C7H10Cl2/c1-6(8,9)7-2-5(3-7)4-7/h5H,2-4H2,1H3. The van der Waals surface area contributed by atoms with Crippen LogP contribution in [0.5, 0.6) is 0 Å². The van der Waals surface area contributed by atoms with Gasteiger partial charge in [-0.15, -0.1) is 23.2 Å². The van der Waals surface area contributed by atoms with Crippen LogP contribution >= 0.6 is 23.2 Å². The zero-order valence-corrected chi connectivity index (χ0v) is 6.97. The Labute approximate surface area is 65.5 Å². The molecule has 0 atom stereocenters. The minimum absolute atomic E-state index is 0.334. The molecule has 0 aromatic rings. The van der Waals surface area contributed by atoms with Gasteiger partial charge in [0.2, 0.25) is 0 Å². The van der Waals surface area contributed by atoms with Crippen molar-refractivity contribution in [1.82, 2.24) is 0 Å². The van der Waals surface area contributed by atoms with E-state index < -0.39 is 4.33 Å². The highest BCUT2D eigenvalue weighted by atomic mass is 35.5. The Bertz CT molecular complexity index is 128. The lowest BCUT2D eigenvalue weighted by molar-refractivity contribution is -0.115. The highest BCUT2D eigenvalue weighted by Gasteiger charge is 2.64. The molecule has 3 aliphatic rings. The minimum Gasteiger partial charge on any atom is -0.101 e. The van der Waals surface area contributed by atoms with Gasteiger partial charge >= 0.3 is 0 Å². The fraction of sp³-hybridized carbons (Fsp3) is 1.00. The normalized spacial score (nSPS) is 47.7. The van der Waals surface area contributed by atoms with Crippen LogP contribution < -0.4 is 0 Å². The van der Waals surface area contributed by atoms with Crippen molar-refractivity contribution in [3.63, 3.8) is 0 Å². The van der Waals surface area contributed by atoms with Crippen LogP contribution in [-0.4, -0.2) is 4.33 Å². The van der Waals surface area contributed by atoms with Gasteiger partial charge in [-0.2, -0.15) is 0 Å². The van der Waals surface area contributed by atoms with E-state index in [4.69, 9.17) is 23.2 Å². The lowest BCUT2D eigenvalue weighted by Gasteiger charge is -2.66. The maximum Gasteiger partial charge on any atom is 0.121 e. The second kappa shape index (κ2) is 1.43. The van der Waals surface area contributed by atoms with Gasteiger partial charge in [0.15, 0.2) is 0 Å². The molecule has 0 heterocycles. The van der Waals surface area contributed by atoms with Gasteiger partial charge in [-0.3, -0.25) is 0 Å². The Morgan fingerprint density at radius 2 is 1.78 bits per heavy atom. The molecule has 3 rings (SSSR count). The number of hydrogen-bond acceptors (Lipinski definition) is 0. The smallest absolute Gasteiger partial charge is 0.101 e. The van der Waals surface area contributed by atoms with Crippen molar-refractivity contribution in [3.8, 4) is 0 Å². The molecule has 0 aromatic heterocycles. The van der Waals surface area contributed by atoms with E-state index in [1.54, 1.807) is 0 Å². The van der Waals surface area contributed by atoms with Crippen molar-refractivity contribution < 1.29 is 0 Å². The second-order valence-corrected chi connectivity index (χ2v) is 5.35. The third kappa shape index (κ3) is 0.615. The highest BCUT2D eigenvalue weighted by molar-refractivity contribution is 6.48. The summed E-state index contributed by atoms with van der Waals surface area (Å²) in [5.74, 6) is 0.974. The fourth-order valence-corrected chi connectivity index (χ4v) is 2.48. The predicted molar refractivity (Wildman–Crippen MR) is 39.9 cm³/mol. The molecule has 0 unspecified atom stereocenters. The third-order valence-corrected chi connectivity index (χ3v) is 3.77. The van der Waals surface area contributed by atoms with Crippen LogP contribution in [0, 0.1) is 11.3 Å². The number of alkyl halides is 2. The van der Waals surface area contributed by atoms with E-state index in [0.29, 0.717) is 5.41 Å². The van der Waals surface area contributed by atoms with Crippen LogP contribution in [0.25, 0.3) is 0 Å². The molecule has 9 heavy (non-hydrogen) atoms. The topological polar surface area (TPSA) is 0 Å². The maximum absolute atomic E-state index is 5.98. The van der Waals surface area contributed by atoms with Gasteiger partial charge in [0.1, 0.15) is 4.33 Å². The third-order valence-electron chi connectivity index (χ3n) is 2.97. The average molecular weight is 165 g/mol. The average Bonchev–Trinajstić information content (AvgIpc) is 1.08. The lowest BCUT2D eigenvalue weighted by atomic mass is 9.43. The Morgan fingerprint density at radius 1 is 1.33 bits per heavy atom. The summed E-state index contributed by atoms with van der Waals surface area (Å²) in [5.41, 5.74) is 0.334. The van der Waals surface area contributed by atoms with Gasteiger partial charge < -0.3 is 0 Å². The van der Waals surface area contributed by atoms with Crippen molar-refractivity contribution in [2.75, 3.05) is 0 Å². The van der Waals surface area contributed by atoms with E-state index in [0.717, 1.165) is 5.92 Å². The first-order valence-electron chi connectivity index (χ1n) is 3.41. The van der Waals surface area contributed by atoms with Crippen LogP contribution in [0.4, 0.5) is 0 Å². The SMILES string of the molecule is CC(Cl)(Cl)C12CC(C1)C2. The van der Waals surface area contributed by atoms with Gasteiger partial charge in [0, 0.05) is 5.41 Å². The molecule has 0 saturated heterocycles. The van der Waals surface area contributed by atoms with E-state index in [-0.39, 0.29) is 0 Å². The molecule has 3 saturated carbocycles. The van der Waals surface area contributed by atoms with Gasteiger partial charge in [-0.1, -0.05) is 0 Å². The first-order valence-corrected chi connectivity index (χ1v) is 4.17. The van der Waals surface area contributed by atoms with Gasteiger partial charge in [-0.25, -0.2) is 0 Å². The quantitative estimate of drug-likeness (QED) is 0.524. The van der Waals surface area contributed by atoms with Crippen LogP contribution in [0.2, 0.25) is 0 Å². The molecule has 0 N–H and O–H groups in total. The highest BCUT2D eigenvalue weighted by Crippen LogP contribution is 2.71. The summed E-state index contributed by atoms with van der Waals surface area (Å²) in [6.07, 6.45) is 3.82. The molecule has 0 aliphatic heterocycles. The lowest BCUT2D eigenvalue weighted by Crippen LogP contribution is -2.60. The first kappa shape index (κ1) is 6.30. The zero-order valence-electron chi connectivity index (χ0n) is 5.45. The van der Waals surface area contributed by atoms with Crippen LogP contribution in [0.1, 0.15) is 26.2 Å². The Kier molecular flexibility index (Phi) is 1.000. The molecule has 0 spiro atoms. The van der Waals surface area contributed by atoms with E-state index in [1.165, 1.54) is 19.3 Å². The molecule has 0 nitrogen and oxygen atoms in total. The van der Waals surface area contributed by atoms with Gasteiger partial charge in [0.05, 0.1) is 0 Å². The molecule has 0 aromatic carbocycles. The van der Waals surface area contributed by atoms with E-state index in [1.807, 2.05) is 6.92 Å². The second-order valence-electron chi connectivity index (χ2n) is 3.65. The summed E-state index contributed by atoms with van der Waals surface area (Å²) in [7, 11) is 0. The number of hydrogen-bond donors (Lipinski definition) is 0. The summed E-state index contributed by atoms with van der Waals surface area (Å²) in [6, 6.07) is 0. The molecule has 0 amide bonds. The number of rotatable bonds is 1. The summed E-state index contributed by atoms with van der Waals surface area (Å²) in [5, 5.41) is 0. The van der Waals surface area contributed by atoms with Crippen LogP contribution in [0.15, 0.2) is 0 Å². The summed E-state index contributed by atoms with van der Waals surface area (Å²) in [6.45, 7) is 1.92. The van der Waals surface area contributed by atoms with E-state index in [9.17, 15) is 0 Å². The fourth-order valence-electron chi connectivity index (χ4n) is 2.02. The zero-order chi connectivity index (χ0) is 6.70. The molecular formula is C7H10Cl2. The summed E-state index contributed by atoms with van der Waals surface area (Å²) >= 11 is 12.0. The van der Waals surface area contributed by atoms with Gasteiger partial charge in [-0.05, 0) is 32.1 Å². The number of halogens is 2. The Morgan fingerprint density at radius 3 is 1.78 bits per heavy atom. The minimum atomic E-state index is -0.457. The van der Waals surface area contributed by atoms with E-state index >= 15 is 0 Å².